The van der Waals surface area contributed by atoms with Gasteiger partial charge in [0.05, 0.1) is 12.3 Å². The van der Waals surface area contributed by atoms with Crippen LogP contribution in [0.5, 0.6) is 5.75 Å². The van der Waals surface area contributed by atoms with Gasteiger partial charge in [0.15, 0.2) is 5.96 Å². The quantitative estimate of drug-likeness (QED) is 0.466. The van der Waals surface area contributed by atoms with Crippen LogP contribution in [0.1, 0.15) is 40.0 Å². The number of rotatable bonds is 9. The summed E-state index contributed by atoms with van der Waals surface area (Å²) in [6.45, 7) is 8.01. The normalized spacial score (nSPS) is 17.7. The minimum atomic E-state index is -3.13. The smallest absolute Gasteiger partial charge is 0.214 e. The molecule has 1 saturated heterocycles. The van der Waals surface area contributed by atoms with E-state index in [0.717, 1.165) is 19.4 Å². The zero-order valence-corrected chi connectivity index (χ0v) is 18.3. The monoisotopic (exact) mass is 428 g/mol. The summed E-state index contributed by atoms with van der Waals surface area (Å²) in [6.07, 6.45) is 1.96. The number of halogens is 1. The van der Waals surface area contributed by atoms with Crippen LogP contribution in [0.25, 0.3) is 0 Å². The summed E-state index contributed by atoms with van der Waals surface area (Å²) in [6, 6.07) is 6.10. The van der Waals surface area contributed by atoms with Gasteiger partial charge in [-0.15, -0.1) is 0 Å². The molecule has 1 aromatic carbocycles. The first-order valence-corrected chi connectivity index (χ1v) is 11.9. The Kier molecular flexibility index (Phi) is 9.16. The van der Waals surface area contributed by atoms with E-state index in [9.17, 15) is 12.8 Å². The molecule has 29 heavy (non-hydrogen) atoms. The Labute approximate surface area is 173 Å². The highest BCUT2D eigenvalue weighted by atomic mass is 32.2. The van der Waals surface area contributed by atoms with Gasteiger partial charge in [-0.1, -0.05) is 6.92 Å². The van der Waals surface area contributed by atoms with Crippen LogP contribution in [0.3, 0.4) is 0 Å². The van der Waals surface area contributed by atoms with Crippen LogP contribution >= 0.6 is 0 Å². The fraction of sp³-hybridized carbons (Fsp3) is 0.650. The van der Waals surface area contributed by atoms with Crippen LogP contribution < -0.4 is 15.4 Å². The molecule has 9 heteroatoms. The van der Waals surface area contributed by atoms with Crippen molar-refractivity contribution in [2.45, 2.75) is 52.2 Å². The zero-order valence-electron chi connectivity index (χ0n) is 17.5. The van der Waals surface area contributed by atoms with Crippen molar-refractivity contribution in [2.24, 2.45) is 4.99 Å². The lowest BCUT2D eigenvalue weighted by Gasteiger charge is -2.32. The zero-order chi connectivity index (χ0) is 21.3. The summed E-state index contributed by atoms with van der Waals surface area (Å²) in [5.74, 6) is 1.21. The van der Waals surface area contributed by atoms with E-state index in [0.29, 0.717) is 37.8 Å². The molecule has 0 spiro atoms. The fourth-order valence-corrected chi connectivity index (χ4v) is 4.72. The molecule has 1 fully saturated rings. The number of hydrogen-bond donors (Lipinski definition) is 2. The van der Waals surface area contributed by atoms with Crippen molar-refractivity contribution < 1.29 is 17.5 Å². The van der Waals surface area contributed by atoms with Crippen LogP contribution in [0.15, 0.2) is 29.3 Å². The third-order valence-corrected chi connectivity index (χ3v) is 6.73. The average molecular weight is 429 g/mol. The van der Waals surface area contributed by atoms with Crippen molar-refractivity contribution >= 4 is 16.0 Å². The minimum absolute atomic E-state index is 0.169. The Morgan fingerprint density at radius 2 is 1.93 bits per heavy atom. The number of piperidine rings is 1. The van der Waals surface area contributed by atoms with Gasteiger partial charge < -0.3 is 15.4 Å². The maximum atomic E-state index is 13.0. The van der Waals surface area contributed by atoms with Crippen molar-refractivity contribution in [1.82, 2.24) is 14.9 Å². The first kappa shape index (κ1) is 23.4. The average Bonchev–Trinajstić information content (AvgIpc) is 2.68. The molecule has 2 rings (SSSR count). The van der Waals surface area contributed by atoms with Gasteiger partial charge in [0.2, 0.25) is 10.0 Å². The Balaban J connectivity index is 1.85. The van der Waals surface area contributed by atoms with Crippen molar-refractivity contribution in [1.29, 1.82) is 0 Å². The number of aliphatic imine (C=N–C) groups is 1. The lowest BCUT2D eigenvalue weighted by atomic mass is 10.1. The number of benzene rings is 1. The highest BCUT2D eigenvalue weighted by Crippen LogP contribution is 2.15. The minimum Gasteiger partial charge on any atom is -0.489 e. The molecule has 1 aliphatic heterocycles. The Bertz CT molecular complexity index is 747. The first-order chi connectivity index (χ1) is 13.8. The Morgan fingerprint density at radius 1 is 1.28 bits per heavy atom. The second-order valence-electron chi connectivity index (χ2n) is 7.24. The van der Waals surface area contributed by atoms with E-state index in [2.05, 4.69) is 15.6 Å². The molecule has 1 heterocycles. The van der Waals surface area contributed by atoms with Crippen molar-refractivity contribution in [3.63, 3.8) is 0 Å². The Morgan fingerprint density at radius 3 is 2.52 bits per heavy atom. The predicted octanol–water partition coefficient (Wildman–Crippen LogP) is 2.35. The molecule has 1 unspecified atom stereocenters. The van der Waals surface area contributed by atoms with Crippen LogP contribution in [0.4, 0.5) is 4.39 Å². The second-order valence-corrected chi connectivity index (χ2v) is 9.32. The van der Waals surface area contributed by atoms with E-state index < -0.39 is 10.0 Å². The maximum Gasteiger partial charge on any atom is 0.214 e. The van der Waals surface area contributed by atoms with Crippen LogP contribution in [0.2, 0.25) is 0 Å². The van der Waals surface area contributed by atoms with Gasteiger partial charge in [0.25, 0.3) is 0 Å². The maximum absolute atomic E-state index is 13.0. The first-order valence-electron chi connectivity index (χ1n) is 10.3. The summed E-state index contributed by atoms with van der Waals surface area (Å²) >= 11 is 0. The van der Waals surface area contributed by atoms with Crippen LogP contribution in [-0.4, -0.2) is 62.8 Å². The Hall–Kier alpha value is -1.87. The SMILES string of the molecule is CCCS(=O)(=O)N1CCC(NC(=NCC(C)Oc2ccc(F)cc2)NCC)CC1. The van der Waals surface area contributed by atoms with E-state index >= 15 is 0 Å². The van der Waals surface area contributed by atoms with Gasteiger partial charge in [-0.2, -0.15) is 0 Å². The summed E-state index contributed by atoms with van der Waals surface area (Å²) in [5, 5.41) is 6.62. The van der Waals surface area contributed by atoms with Gasteiger partial charge in [-0.25, -0.2) is 22.1 Å². The van der Waals surface area contributed by atoms with Gasteiger partial charge in [0.1, 0.15) is 17.7 Å². The van der Waals surface area contributed by atoms with Gasteiger partial charge in [-0.05, 0) is 57.4 Å². The molecule has 0 aromatic heterocycles. The molecule has 1 aliphatic rings. The van der Waals surface area contributed by atoms with E-state index in [1.165, 1.54) is 12.1 Å². The van der Waals surface area contributed by atoms with Crippen molar-refractivity contribution in [3.05, 3.63) is 30.1 Å². The second kappa shape index (κ2) is 11.3. The summed E-state index contributed by atoms with van der Waals surface area (Å²) in [7, 11) is -3.13. The number of nitrogens with one attached hydrogen (secondary N) is 2. The van der Waals surface area contributed by atoms with Crippen LogP contribution in [0, 0.1) is 5.82 Å². The summed E-state index contributed by atoms with van der Waals surface area (Å²) in [5.41, 5.74) is 0. The van der Waals surface area contributed by atoms with Gasteiger partial charge >= 0.3 is 0 Å². The molecule has 164 valence electrons. The molecule has 0 radical (unpaired) electrons. The predicted molar refractivity (Wildman–Crippen MR) is 114 cm³/mol. The fourth-order valence-electron chi connectivity index (χ4n) is 3.18. The number of hydrogen-bond acceptors (Lipinski definition) is 4. The molecule has 7 nitrogen and oxygen atoms in total. The molecule has 0 aliphatic carbocycles. The molecule has 1 aromatic rings. The number of guanidine groups is 1. The van der Waals surface area contributed by atoms with Crippen LogP contribution in [-0.2, 0) is 10.0 Å². The standard InChI is InChI=1S/C20H33FN4O3S/c1-4-14-29(26,27)25-12-10-18(11-13-25)24-20(22-5-2)23-15-16(3)28-19-8-6-17(21)7-9-19/h6-9,16,18H,4-5,10-15H2,1-3H3,(H2,22,23,24). The van der Waals surface area contributed by atoms with E-state index in [-0.39, 0.29) is 23.7 Å². The molecular formula is C20H33FN4O3S. The lowest BCUT2D eigenvalue weighted by molar-refractivity contribution is 0.229. The number of ether oxygens (including phenoxy) is 1. The summed E-state index contributed by atoms with van der Waals surface area (Å²) < 4.78 is 44.7. The van der Waals surface area contributed by atoms with E-state index in [4.69, 9.17) is 4.74 Å². The highest BCUT2D eigenvalue weighted by molar-refractivity contribution is 7.89. The number of nitrogens with zero attached hydrogens (tertiary/aromatic N) is 2. The number of sulfonamides is 1. The third-order valence-electron chi connectivity index (χ3n) is 4.65. The third kappa shape index (κ3) is 7.81. The molecular weight excluding hydrogens is 395 g/mol. The molecule has 0 saturated carbocycles. The van der Waals surface area contributed by atoms with Gasteiger partial charge in [0, 0.05) is 25.7 Å². The van der Waals surface area contributed by atoms with Crippen molar-refractivity contribution in [3.8, 4) is 5.75 Å². The lowest BCUT2D eigenvalue weighted by Crippen LogP contribution is -2.50. The molecule has 2 N–H and O–H groups in total. The highest BCUT2D eigenvalue weighted by Gasteiger charge is 2.27. The topological polar surface area (TPSA) is 83.0 Å². The summed E-state index contributed by atoms with van der Waals surface area (Å²) in [4.78, 5) is 4.58. The van der Waals surface area contributed by atoms with E-state index in [1.54, 1.807) is 16.4 Å². The molecule has 1 atom stereocenters. The largest absolute Gasteiger partial charge is 0.489 e. The van der Waals surface area contributed by atoms with Crippen molar-refractivity contribution in [2.75, 3.05) is 31.9 Å². The molecule has 0 amide bonds. The van der Waals surface area contributed by atoms with E-state index in [1.807, 2.05) is 20.8 Å². The van der Waals surface area contributed by atoms with Gasteiger partial charge in [-0.3, -0.25) is 0 Å². The molecule has 0 bridgehead atoms.